The summed E-state index contributed by atoms with van der Waals surface area (Å²) in [6.07, 6.45) is 1.45. The van der Waals surface area contributed by atoms with Crippen molar-refractivity contribution in [2.45, 2.75) is 6.54 Å². The first-order valence-corrected chi connectivity index (χ1v) is 5.74. The highest BCUT2D eigenvalue weighted by atomic mass is 19.2. The van der Waals surface area contributed by atoms with Gasteiger partial charge in [0.25, 0.3) is 5.56 Å². The molecule has 6 heteroatoms. The first-order valence-electron chi connectivity index (χ1n) is 5.74. The Kier molecular flexibility index (Phi) is 3.93. The van der Waals surface area contributed by atoms with Crippen LogP contribution in [0.25, 0.3) is 0 Å². The SMILES string of the molecule is COC(=O)c1cccn(Cc2ccc(F)c(F)c2)c1=O. The number of carbonyl (C=O) groups excluding carboxylic acids is 1. The summed E-state index contributed by atoms with van der Waals surface area (Å²) >= 11 is 0. The summed E-state index contributed by atoms with van der Waals surface area (Å²) in [5.74, 6) is -2.68. The van der Waals surface area contributed by atoms with E-state index in [9.17, 15) is 18.4 Å². The molecular weight excluding hydrogens is 268 g/mol. The molecule has 0 radical (unpaired) electrons. The molecular formula is C14H11F2NO3. The van der Waals surface area contributed by atoms with Gasteiger partial charge in [0.05, 0.1) is 13.7 Å². The van der Waals surface area contributed by atoms with Crippen LogP contribution in [0.5, 0.6) is 0 Å². The van der Waals surface area contributed by atoms with Gasteiger partial charge in [-0.3, -0.25) is 4.79 Å². The second kappa shape index (κ2) is 5.64. The van der Waals surface area contributed by atoms with Crippen LogP contribution >= 0.6 is 0 Å². The lowest BCUT2D eigenvalue weighted by Gasteiger charge is -2.07. The lowest BCUT2D eigenvalue weighted by Crippen LogP contribution is -2.26. The number of nitrogens with zero attached hydrogens (tertiary/aromatic N) is 1. The molecule has 2 aromatic rings. The van der Waals surface area contributed by atoms with E-state index in [4.69, 9.17) is 0 Å². The lowest BCUT2D eigenvalue weighted by molar-refractivity contribution is 0.0598. The predicted molar refractivity (Wildman–Crippen MR) is 67.5 cm³/mol. The van der Waals surface area contributed by atoms with E-state index in [0.29, 0.717) is 5.56 Å². The Morgan fingerprint density at radius 1 is 1.25 bits per heavy atom. The van der Waals surface area contributed by atoms with Gasteiger partial charge in [-0.05, 0) is 29.8 Å². The van der Waals surface area contributed by atoms with Gasteiger partial charge >= 0.3 is 5.97 Å². The van der Waals surface area contributed by atoms with Crippen LogP contribution in [0.1, 0.15) is 15.9 Å². The molecule has 4 nitrogen and oxygen atoms in total. The second-order valence-corrected chi connectivity index (χ2v) is 4.09. The van der Waals surface area contributed by atoms with Gasteiger partial charge in [0.1, 0.15) is 5.56 Å². The van der Waals surface area contributed by atoms with Crippen LogP contribution in [-0.4, -0.2) is 17.6 Å². The van der Waals surface area contributed by atoms with Crippen LogP contribution in [0.2, 0.25) is 0 Å². The molecule has 1 heterocycles. The van der Waals surface area contributed by atoms with Crippen molar-refractivity contribution >= 4 is 5.97 Å². The van der Waals surface area contributed by atoms with Crippen LogP contribution < -0.4 is 5.56 Å². The zero-order valence-corrected chi connectivity index (χ0v) is 10.6. The molecule has 0 bridgehead atoms. The third-order valence-corrected chi connectivity index (χ3v) is 2.76. The van der Waals surface area contributed by atoms with E-state index < -0.39 is 23.2 Å². The molecule has 1 aromatic carbocycles. The van der Waals surface area contributed by atoms with Crippen molar-refractivity contribution in [3.63, 3.8) is 0 Å². The fourth-order valence-corrected chi connectivity index (χ4v) is 1.76. The Hall–Kier alpha value is -2.50. The smallest absolute Gasteiger partial charge is 0.343 e. The molecule has 0 aliphatic rings. The van der Waals surface area contributed by atoms with E-state index >= 15 is 0 Å². The van der Waals surface area contributed by atoms with E-state index in [-0.39, 0.29) is 12.1 Å². The number of hydrogen-bond acceptors (Lipinski definition) is 3. The van der Waals surface area contributed by atoms with Crippen molar-refractivity contribution in [2.75, 3.05) is 7.11 Å². The fraction of sp³-hybridized carbons (Fsp3) is 0.143. The monoisotopic (exact) mass is 279 g/mol. The number of aromatic nitrogens is 1. The molecule has 1 aromatic heterocycles. The van der Waals surface area contributed by atoms with Crippen LogP contribution in [0.15, 0.2) is 41.3 Å². The maximum atomic E-state index is 13.1. The first-order chi connectivity index (χ1) is 9.52. The van der Waals surface area contributed by atoms with Crippen LogP contribution in [0.3, 0.4) is 0 Å². The van der Waals surface area contributed by atoms with Gasteiger partial charge in [0.2, 0.25) is 0 Å². The maximum absolute atomic E-state index is 13.1. The summed E-state index contributed by atoms with van der Waals surface area (Å²) in [5.41, 5.74) is -0.255. The molecule has 0 saturated carbocycles. The second-order valence-electron chi connectivity index (χ2n) is 4.09. The van der Waals surface area contributed by atoms with Crippen LogP contribution in [0, 0.1) is 11.6 Å². The molecule has 0 aliphatic heterocycles. The summed E-state index contributed by atoms with van der Waals surface area (Å²) in [6, 6.07) is 6.21. The number of rotatable bonds is 3. The van der Waals surface area contributed by atoms with E-state index in [1.165, 1.54) is 36.1 Å². The molecule has 0 spiro atoms. The van der Waals surface area contributed by atoms with Crippen molar-refractivity contribution in [2.24, 2.45) is 0 Å². The maximum Gasteiger partial charge on any atom is 0.343 e. The summed E-state index contributed by atoms with van der Waals surface area (Å²) in [5, 5.41) is 0. The molecule has 2 rings (SSSR count). The summed E-state index contributed by atoms with van der Waals surface area (Å²) in [7, 11) is 1.18. The first kappa shape index (κ1) is 13.9. The summed E-state index contributed by atoms with van der Waals surface area (Å²) in [6.45, 7) is 0.0286. The summed E-state index contributed by atoms with van der Waals surface area (Å²) < 4.78 is 31.7. The van der Waals surface area contributed by atoms with Crippen molar-refractivity contribution < 1.29 is 18.3 Å². The normalized spacial score (nSPS) is 10.3. The molecule has 104 valence electrons. The molecule has 0 aliphatic carbocycles. The highest BCUT2D eigenvalue weighted by Gasteiger charge is 2.12. The minimum atomic E-state index is -0.986. The van der Waals surface area contributed by atoms with Crippen molar-refractivity contribution in [3.8, 4) is 0 Å². The Balaban J connectivity index is 2.37. The largest absolute Gasteiger partial charge is 0.465 e. The number of ether oxygens (including phenoxy) is 1. The van der Waals surface area contributed by atoms with Crippen molar-refractivity contribution in [1.29, 1.82) is 0 Å². The Labute approximate surface area is 113 Å². The number of hydrogen-bond donors (Lipinski definition) is 0. The fourth-order valence-electron chi connectivity index (χ4n) is 1.76. The van der Waals surface area contributed by atoms with Crippen LogP contribution in [-0.2, 0) is 11.3 Å². The van der Waals surface area contributed by atoms with Gasteiger partial charge < -0.3 is 9.30 Å². The minimum absolute atomic E-state index is 0.0286. The number of esters is 1. The zero-order valence-electron chi connectivity index (χ0n) is 10.6. The molecule has 0 N–H and O–H groups in total. The van der Waals surface area contributed by atoms with E-state index in [0.717, 1.165) is 12.1 Å². The highest BCUT2D eigenvalue weighted by molar-refractivity contribution is 5.88. The Morgan fingerprint density at radius 3 is 2.65 bits per heavy atom. The number of halogens is 2. The number of methoxy groups -OCH3 is 1. The van der Waals surface area contributed by atoms with Gasteiger partial charge in [-0.2, -0.15) is 0 Å². The van der Waals surface area contributed by atoms with Gasteiger partial charge in [0.15, 0.2) is 11.6 Å². The number of pyridine rings is 1. The zero-order chi connectivity index (χ0) is 14.7. The average Bonchev–Trinajstić information content (AvgIpc) is 2.44. The molecule has 0 saturated heterocycles. The topological polar surface area (TPSA) is 48.3 Å². The summed E-state index contributed by atoms with van der Waals surface area (Å²) in [4.78, 5) is 23.4. The average molecular weight is 279 g/mol. The molecule has 0 amide bonds. The minimum Gasteiger partial charge on any atom is -0.465 e. The molecule has 0 fully saturated rings. The van der Waals surface area contributed by atoms with Crippen molar-refractivity contribution in [3.05, 3.63) is 69.6 Å². The molecule has 0 unspecified atom stereocenters. The van der Waals surface area contributed by atoms with E-state index in [1.54, 1.807) is 0 Å². The van der Waals surface area contributed by atoms with Gasteiger partial charge in [-0.15, -0.1) is 0 Å². The van der Waals surface area contributed by atoms with Gasteiger partial charge in [-0.25, -0.2) is 13.6 Å². The van der Waals surface area contributed by atoms with Crippen LogP contribution in [0.4, 0.5) is 8.78 Å². The molecule has 20 heavy (non-hydrogen) atoms. The van der Waals surface area contributed by atoms with E-state index in [1.807, 2.05) is 0 Å². The quantitative estimate of drug-likeness (QED) is 0.807. The standard InChI is InChI=1S/C14H11F2NO3/c1-20-14(19)10-3-2-6-17(13(10)18)8-9-4-5-11(15)12(16)7-9/h2-7H,8H2,1H3. The Morgan fingerprint density at radius 2 is 2.00 bits per heavy atom. The van der Waals surface area contributed by atoms with Crippen molar-refractivity contribution in [1.82, 2.24) is 4.57 Å². The van der Waals surface area contributed by atoms with Gasteiger partial charge in [0, 0.05) is 6.20 Å². The highest BCUT2D eigenvalue weighted by Crippen LogP contribution is 2.09. The molecule has 0 atom stereocenters. The number of benzene rings is 1. The number of carbonyl (C=O) groups is 1. The lowest BCUT2D eigenvalue weighted by atomic mass is 10.2. The predicted octanol–water partition coefficient (Wildman–Crippen LogP) is 1.96. The third kappa shape index (κ3) is 2.74. The third-order valence-electron chi connectivity index (χ3n) is 2.76. The van der Waals surface area contributed by atoms with Gasteiger partial charge in [-0.1, -0.05) is 6.07 Å². The van der Waals surface area contributed by atoms with E-state index in [2.05, 4.69) is 4.74 Å². The Bertz CT molecular complexity index is 710.